The van der Waals surface area contributed by atoms with Gasteiger partial charge in [0, 0.05) is 21.5 Å². The van der Waals surface area contributed by atoms with E-state index in [4.69, 9.17) is 16.7 Å². The summed E-state index contributed by atoms with van der Waals surface area (Å²) in [6.45, 7) is 0. The van der Waals surface area contributed by atoms with Gasteiger partial charge in [0.1, 0.15) is 0 Å². The molecule has 0 unspecified atom stereocenters. The second kappa shape index (κ2) is 3.98. The van der Waals surface area contributed by atoms with Crippen molar-refractivity contribution in [2.24, 2.45) is 0 Å². The minimum absolute atomic E-state index is 0.226. The quantitative estimate of drug-likeness (QED) is 0.837. The lowest BCUT2D eigenvalue weighted by Gasteiger charge is -2.02. The molecule has 0 radical (unpaired) electrons. The highest BCUT2D eigenvalue weighted by molar-refractivity contribution is 6.35. The van der Waals surface area contributed by atoms with E-state index in [0.29, 0.717) is 21.5 Å². The number of H-pyrrole nitrogens is 1. The zero-order chi connectivity index (χ0) is 11.7. The molecule has 1 heterocycles. The summed E-state index contributed by atoms with van der Waals surface area (Å²) in [6, 6.07) is 6.57. The van der Waals surface area contributed by atoms with Gasteiger partial charge in [-0.25, -0.2) is 0 Å². The number of hydrogen-bond donors (Lipinski definition) is 2. The van der Waals surface area contributed by atoms with Crippen molar-refractivity contribution in [3.05, 3.63) is 45.3 Å². The number of rotatable bonds is 2. The molecule has 0 bridgehead atoms. The summed E-state index contributed by atoms with van der Waals surface area (Å²) < 4.78 is 0. The van der Waals surface area contributed by atoms with Gasteiger partial charge in [-0.15, -0.1) is 0 Å². The van der Waals surface area contributed by atoms with Gasteiger partial charge in [0.2, 0.25) is 0 Å². The van der Waals surface area contributed by atoms with E-state index in [2.05, 4.69) is 4.98 Å². The van der Waals surface area contributed by atoms with E-state index in [9.17, 15) is 9.59 Å². The van der Waals surface area contributed by atoms with Crippen molar-refractivity contribution < 1.29 is 9.90 Å². The number of nitrogens with one attached hydrogen (secondary N) is 1. The van der Waals surface area contributed by atoms with E-state index >= 15 is 0 Å². The highest BCUT2D eigenvalue weighted by atomic mass is 35.5. The molecule has 4 nitrogen and oxygen atoms in total. The molecule has 0 atom stereocenters. The Morgan fingerprint density at radius 2 is 2.12 bits per heavy atom. The normalized spacial score (nSPS) is 10.6. The standard InChI is InChI=1S/C11H8ClNO3/c12-9-3-1-2-7-8(9)4-6(5-10(14)15)13-11(7)16/h1-4H,5H2,(H,13,16)(H,14,15). The molecule has 2 N–H and O–H groups in total. The van der Waals surface area contributed by atoms with Crippen LogP contribution in [0, 0.1) is 0 Å². The lowest BCUT2D eigenvalue weighted by Crippen LogP contribution is -2.12. The summed E-state index contributed by atoms with van der Waals surface area (Å²) in [7, 11) is 0. The summed E-state index contributed by atoms with van der Waals surface area (Å²) in [5.74, 6) is -0.998. The summed E-state index contributed by atoms with van der Waals surface area (Å²) in [5.41, 5.74) is 0.0225. The van der Waals surface area contributed by atoms with Crippen LogP contribution in [0.4, 0.5) is 0 Å². The molecule has 0 saturated heterocycles. The Hall–Kier alpha value is -1.81. The van der Waals surface area contributed by atoms with Gasteiger partial charge in [-0.05, 0) is 18.2 Å². The summed E-state index contributed by atoms with van der Waals surface area (Å²) in [5, 5.41) is 10.1. The van der Waals surface area contributed by atoms with Crippen molar-refractivity contribution in [2.45, 2.75) is 6.42 Å². The monoisotopic (exact) mass is 237 g/mol. The van der Waals surface area contributed by atoms with Crippen LogP contribution in [-0.2, 0) is 11.2 Å². The number of fused-ring (bicyclic) bond motifs is 1. The fraction of sp³-hybridized carbons (Fsp3) is 0.0909. The SMILES string of the molecule is O=C(O)Cc1cc2c(Cl)cccc2c(=O)[nH]1. The third-order valence-corrected chi connectivity index (χ3v) is 2.56. The number of halogens is 1. The lowest BCUT2D eigenvalue weighted by atomic mass is 10.1. The van der Waals surface area contributed by atoms with Gasteiger partial charge in [-0.2, -0.15) is 0 Å². The molecule has 5 heteroatoms. The first kappa shape index (κ1) is 10.7. The van der Waals surface area contributed by atoms with Crippen LogP contribution in [0.1, 0.15) is 5.69 Å². The van der Waals surface area contributed by atoms with E-state index in [1.54, 1.807) is 24.3 Å². The number of benzene rings is 1. The predicted octanol–water partition coefficient (Wildman–Crippen LogP) is 1.81. The van der Waals surface area contributed by atoms with Gasteiger partial charge in [0.05, 0.1) is 6.42 Å². The highest BCUT2D eigenvalue weighted by Gasteiger charge is 2.07. The molecule has 82 valence electrons. The van der Waals surface area contributed by atoms with Crippen LogP contribution in [0.25, 0.3) is 10.8 Å². The number of carbonyl (C=O) groups is 1. The second-order valence-corrected chi connectivity index (χ2v) is 3.80. The lowest BCUT2D eigenvalue weighted by molar-refractivity contribution is -0.136. The Morgan fingerprint density at radius 1 is 1.38 bits per heavy atom. The number of carboxylic acids is 1. The van der Waals surface area contributed by atoms with E-state index in [1.807, 2.05) is 0 Å². The number of aliphatic carboxylic acids is 1. The third kappa shape index (κ3) is 1.92. The maximum Gasteiger partial charge on any atom is 0.309 e. The maximum absolute atomic E-state index is 11.6. The van der Waals surface area contributed by atoms with Gasteiger partial charge < -0.3 is 10.1 Å². The topological polar surface area (TPSA) is 70.2 Å². The first-order chi connectivity index (χ1) is 7.58. The van der Waals surface area contributed by atoms with Crippen molar-refractivity contribution >= 4 is 28.3 Å². The summed E-state index contributed by atoms with van der Waals surface area (Å²) in [6.07, 6.45) is -0.226. The van der Waals surface area contributed by atoms with Crippen LogP contribution in [0.2, 0.25) is 5.02 Å². The molecule has 2 aromatic rings. The molecule has 2 rings (SSSR count). The number of carboxylic acid groups (broad SMARTS) is 1. The highest BCUT2D eigenvalue weighted by Crippen LogP contribution is 2.21. The smallest absolute Gasteiger partial charge is 0.309 e. The molecule has 0 saturated carbocycles. The summed E-state index contributed by atoms with van der Waals surface area (Å²) in [4.78, 5) is 24.7. The molecule has 0 spiro atoms. The first-order valence-corrected chi connectivity index (χ1v) is 4.98. The molecule has 16 heavy (non-hydrogen) atoms. The Balaban J connectivity index is 2.70. The Kier molecular flexibility index (Phi) is 2.66. The first-order valence-electron chi connectivity index (χ1n) is 4.60. The molecular formula is C11H8ClNO3. The molecule has 0 aliphatic rings. The van der Waals surface area contributed by atoms with Gasteiger partial charge in [0.25, 0.3) is 5.56 Å². The van der Waals surface area contributed by atoms with Crippen LogP contribution in [0.5, 0.6) is 0 Å². The van der Waals surface area contributed by atoms with Crippen molar-refractivity contribution in [3.63, 3.8) is 0 Å². The molecule has 1 aromatic heterocycles. The van der Waals surface area contributed by atoms with E-state index in [1.165, 1.54) is 0 Å². The van der Waals surface area contributed by atoms with Gasteiger partial charge in [-0.3, -0.25) is 9.59 Å². The van der Waals surface area contributed by atoms with Crippen molar-refractivity contribution in [2.75, 3.05) is 0 Å². The van der Waals surface area contributed by atoms with Crippen LogP contribution >= 0.6 is 11.6 Å². The van der Waals surface area contributed by atoms with Gasteiger partial charge in [0.15, 0.2) is 0 Å². The second-order valence-electron chi connectivity index (χ2n) is 3.40. The minimum atomic E-state index is -0.998. The average molecular weight is 238 g/mol. The number of aromatic amines is 1. The van der Waals surface area contributed by atoms with Crippen LogP contribution in [-0.4, -0.2) is 16.1 Å². The van der Waals surface area contributed by atoms with E-state index in [0.717, 1.165) is 0 Å². The third-order valence-electron chi connectivity index (χ3n) is 2.23. The van der Waals surface area contributed by atoms with Crippen molar-refractivity contribution in [1.29, 1.82) is 0 Å². The molecule has 0 amide bonds. The largest absolute Gasteiger partial charge is 0.481 e. The van der Waals surface area contributed by atoms with Gasteiger partial charge >= 0.3 is 5.97 Å². The number of pyridine rings is 1. The fourth-order valence-electron chi connectivity index (χ4n) is 1.56. The van der Waals surface area contributed by atoms with Crippen molar-refractivity contribution in [3.8, 4) is 0 Å². The van der Waals surface area contributed by atoms with Crippen LogP contribution in [0.3, 0.4) is 0 Å². The molecule has 0 aliphatic heterocycles. The number of hydrogen-bond acceptors (Lipinski definition) is 2. The predicted molar refractivity (Wildman–Crippen MR) is 60.9 cm³/mol. The molecule has 0 fully saturated rings. The Bertz CT molecular complexity index is 618. The van der Waals surface area contributed by atoms with Crippen LogP contribution < -0.4 is 5.56 Å². The molecule has 0 aliphatic carbocycles. The molecular weight excluding hydrogens is 230 g/mol. The summed E-state index contributed by atoms with van der Waals surface area (Å²) >= 11 is 5.94. The van der Waals surface area contributed by atoms with Gasteiger partial charge in [-0.1, -0.05) is 17.7 Å². The zero-order valence-electron chi connectivity index (χ0n) is 8.16. The Morgan fingerprint density at radius 3 is 2.81 bits per heavy atom. The fourth-order valence-corrected chi connectivity index (χ4v) is 1.79. The van der Waals surface area contributed by atoms with Crippen molar-refractivity contribution in [1.82, 2.24) is 4.98 Å². The van der Waals surface area contributed by atoms with Crippen LogP contribution in [0.15, 0.2) is 29.1 Å². The zero-order valence-corrected chi connectivity index (χ0v) is 8.91. The average Bonchev–Trinajstić information content (AvgIpc) is 2.19. The van der Waals surface area contributed by atoms with E-state index < -0.39 is 5.97 Å². The molecule has 1 aromatic carbocycles. The van der Waals surface area contributed by atoms with E-state index in [-0.39, 0.29) is 12.0 Å². The number of aromatic nitrogens is 1. The maximum atomic E-state index is 11.6. The minimum Gasteiger partial charge on any atom is -0.481 e. The Labute approximate surface area is 95.5 Å².